The lowest BCUT2D eigenvalue weighted by Gasteiger charge is -2.66. The average Bonchev–Trinajstić information content (AvgIpc) is 3.39. The Labute approximate surface area is 273 Å². The molecule has 0 aliphatic heterocycles. The van der Waals surface area contributed by atoms with Gasteiger partial charge in [-0.3, -0.25) is 4.90 Å². The Morgan fingerprint density at radius 3 is 2.13 bits per heavy atom. The normalized spacial score (nSPS) is 44.2. The van der Waals surface area contributed by atoms with Gasteiger partial charge in [0.15, 0.2) is 0 Å². The van der Waals surface area contributed by atoms with Gasteiger partial charge in [0.05, 0.1) is 38.1 Å². The first-order valence-electron chi connectivity index (χ1n) is 18.4. The van der Waals surface area contributed by atoms with Crippen LogP contribution >= 0.6 is 0 Å². The molecule has 0 radical (unpaired) electrons. The second-order valence-electron chi connectivity index (χ2n) is 16.3. The van der Waals surface area contributed by atoms with E-state index in [0.29, 0.717) is 81.2 Å². The molecule has 45 heavy (non-hydrogen) atoms. The summed E-state index contributed by atoms with van der Waals surface area (Å²) >= 11 is 0. The van der Waals surface area contributed by atoms with Crippen LogP contribution in [0.15, 0.2) is 30.3 Å². The molecule has 1 aromatic rings. The molecule has 5 aliphatic rings. The topological polar surface area (TPSA) is 109 Å². The predicted octanol–water partition coefficient (Wildman–Crippen LogP) is 5.20. The highest BCUT2D eigenvalue weighted by molar-refractivity contribution is 5.20. The van der Waals surface area contributed by atoms with Crippen LogP contribution in [0.2, 0.25) is 0 Å². The highest BCUT2D eigenvalue weighted by Crippen LogP contribution is 2.72. The van der Waals surface area contributed by atoms with Crippen LogP contribution in [0, 0.1) is 45.8 Å². The quantitative estimate of drug-likeness (QED) is 0.277. The van der Waals surface area contributed by atoms with Crippen LogP contribution < -0.4 is 17.2 Å². The van der Waals surface area contributed by atoms with E-state index in [4.69, 9.17) is 31.4 Å². The molecule has 1 aromatic carbocycles. The number of hydrogen-bond donors (Lipinski definition) is 3. The molecular formula is C38H64N4O3. The van der Waals surface area contributed by atoms with Gasteiger partial charge in [-0.1, -0.05) is 51.1 Å². The van der Waals surface area contributed by atoms with E-state index in [1.165, 1.54) is 37.7 Å². The van der Waals surface area contributed by atoms with Gasteiger partial charge in [-0.15, -0.1) is 0 Å². The van der Waals surface area contributed by atoms with Crippen molar-refractivity contribution < 1.29 is 14.2 Å². The van der Waals surface area contributed by atoms with Crippen molar-refractivity contribution in [1.82, 2.24) is 4.90 Å². The summed E-state index contributed by atoms with van der Waals surface area (Å²) in [4.78, 5) is 2.65. The summed E-state index contributed by atoms with van der Waals surface area (Å²) in [5.74, 6) is 2.94. The van der Waals surface area contributed by atoms with E-state index in [1.807, 2.05) is 0 Å². The van der Waals surface area contributed by atoms with Gasteiger partial charge in [0.1, 0.15) is 0 Å². The van der Waals surface area contributed by atoms with E-state index in [-0.39, 0.29) is 28.5 Å². The Kier molecular flexibility index (Phi) is 10.4. The minimum atomic E-state index is 0.103. The number of hydrogen-bond acceptors (Lipinski definition) is 7. The van der Waals surface area contributed by atoms with Crippen LogP contribution in [0.5, 0.6) is 0 Å². The summed E-state index contributed by atoms with van der Waals surface area (Å²) in [5, 5.41) is 0. The van der Waals surface area contributed by atoms with E-state index in [2.05, 4.69) is 63.1 Å². The Balaban J connectivity index is 1.30. The predicted molar refractivity (Wildman–Crippen MR) is 181 cm³/mol. The monoisotopic (exact) mass is 624 g/mol. The Bertz CT molecular complexity index is 1110. The fraction of sp³-hybridized carbons (Fsp3) is 0.842. The van der Waals surface area contributed by atoms with E-state index in [1.54, 1.807) is 0 Å². The van der Waals surface area contributed by atoms with Crippen molar-refractivity contribution >= 4 is 0 Å². The molecule has 7 nitrogen and oxygen atoms in total. The third-order valence-electron chi connectivity index (χ3n) is 14.4. The molecule has 6 rings (SSSR count). The highest BCUT2D eigenvalue weighted by Gasteiger charge is 2.69. The molecule has 6 N–H and O–H groups in total. The molecular weight excluding hydrogens is 560 g/mol. The standard InChI is InChI=1S/C38H64N4O3/c1-36-14-12-28(43-19-16-39)22-27(36)23-31(44-20-17-40)35-29-10-11-32(38(29,3)34(24-30(35)36)45-21-18-41)37(2)15-13-33(37)42(4)25-26-8-6-5-7-9-26/h5-9,27-35H,10-25,39-41H2,1-4H3/t27?,28-,29-,30-,31+,32+,33?,34-,35?,36-,37+,38-/m0/s1. The molecule has 0 amide bonds. The minimum absolute atomic E-state index is 0.103. The van der Waals surface area contributed by atoms with E-state index >= 15 is 0 Å². The van der Waals surface area contributed by atoms with Crippen LogP contribution in [0.3, 0.4) is 0 Å². The SMILES string of the molecule is CN(Cc1ccccc1)C1CC[C@]1(C)[C@H]1CC[C@H]2C3[C@H](OCCN)CC4C[C@@H](OCCN)CC[C@]4(C)[C@H]3C[C@H](OCCN)[C@@]21C. The molecule has 0 aromatic heterocycles. The average molecular weight is 625 g/mol. The molecule has 0 heterocycles. The largest absolute Gasteiger partial charge is 0.377 e. The van der Waals surface area contributed by atoms with Gasteiger partial charge < -0.3 is 31.4 Å². The molecule has 12 atom stereocenters. The van der Waals surface area contributed by atoms with E-state index in [9.17, 15) is 0 Å². The molecule has 7 heteroatoms. The number of fused-ring (bicyclic) bond motifs is 5. The Morgan fingerprint density at radius 1 is 0.756 bits per heavy atom. The summed E-state index contributed by atoms with van der Waals surface area (Å²) in [5.41, 5.74) is 20.1. The lowest BCUT2D eigenvalue weighted by Crippen LogP contribution is -2.66. The molecule has 5 aliphatic carbocycles. The van der Waals surface area contributed by atoms with E-state index < -0.39 is 0 Å². The first kappa shape index (κ1) is 33.8. The van der Waals surface area contributed by atoms with Crippen molar-refractivity contribution in [3.8, 4) is 0 Å². The summed E-state index contributed by atoms with van der Waals surface area (Å²) in [6.07, 6.45) is 11.7. The number of rotatable bonds is 13. The summed E-state index contributed by atoms with van der Waals surface area (Å²) in [6, 6.07) is 11.6. The van der Waals surface area contributed by atoms with Crippen LogP contribution in [-0.2, 0) is 20.8 Å². The lowest BCUT2D eigenvalue weighted by molar-refractivity contribution is -0.237. The first-order valence-corrected chi connectivity index (χ1v) is 18.4. The maximum atomic E-state index is 6.96. The second kappa shape index (κ2) is 13.8. The maximum absolute atomic E-state index is 6.96. The van der Waals surface area contributed by atoms with E-state index in [0.717, 1.165) is 32.2 Å². The molecule has 0 bridgehead atoms. The molecule has 3 unspecified atom stereocenters. The number of nitrogens with zero attached hydrogens (tertiary/aromatic N) is 1. The summed E-state index contributed by atoms with van der Waals surface area (Å²) in [7, 11) is 2.36. The van der Waals surface area contributed by atoms with Crippen LogP contribution in [-0.4, -0.2) is 75.8 Å². The number of ether oxygens (including phenoxy) is 3. The smallest absolute Gasteiger partial charge is 0.0637 e. The number of nitrogens with two attached hydrogens (primary N) is 3. The molecule has 0 saturated heterocycles. The zero-order chi connectivity index (χ0) is 31.8. The van der Waals surface area contributed by atoms with Crippen molar-refractivity contribution in [2.45, 2.75) is 109 Å². The van der Waals surface area contributed by atoms with Gasteiger partial charge in [0, 0.05) is 37.6 Å². The third-order valence-corrected chi connectivity index (χ3v) is 14.4. The van der Waals surface area contributed by atoms with Crippen LogP contribution in [0.4, 0.5) is 0 Å². The Hall–Kier alpha value is -1.06. The maximum Gasteiger partial charge on any atom is 0.0637 e. The van der Waals surface area contributed by atoms with Crippen molar-refractivity contribution in [3.05, 3.63) is 35.9 Å². The summed E-state index contributed by atoms with van der Waals surface area (Å²) in [6.45, 7) is 12.6. The van der Waals surface area contributed by atoms with Crippen molar-refractivity contribution in [2.75, 3.05) is 46.5 Å². The van der Waals surface area contributed by atoms with Gasteiger partial charge in [0.25, 0.3) is 0 Å². The van der Waals surface area contributed by atoms with Gasteiger partial charge >= 0.3 is 0 Å². The molecule has 5 saturated carbocycles. The number of benzene rings is 1. The molecule has 5 fully saturated rings. The fourth-order valence-corrected chi connectivity index (χ4v) is 12.2. The molecule has 254 valence electrons. The zero-order valence-corrected chi connectivity index (χ0v) is 28.8. The van der Waals surface area contributed by atoms with Gasteiger partial charge in [-0.05, 0) is 111 Å². The van der Waals surface area contributed by atoms with Gasteiger partial charge in [0.2, 0.25) is 0 Å². The molecule has 0 spiro atoms. The van der Waals surface area contributed by atoms with Crippen LogP contribution in [0.25, 0.3) is 0 Å². The second-order valence-corrected chi connectivity index (χ2v) is 16.3. The summed E-state index contributed by atoms with van der Waals surface area (Å²) < 4.78 is 20.0. The van der Waals surface area contributed by atoms with Crippen molar-refractivity contribution in [3.63, 3.8) is 0 Å². The highest BCUT2D eigenvalue weighted by atomic mass is 16.5. The Morgan fingerprint density at radius 2 is 1.44 bits per heavy atom. The van der Waals surface area contributed by atoms with Crippen LogP contribution in [0.1, 0.15) is 84.1 Å². The van der Waals surface area contributed by atoms with Gasteiger partial charge in [-0.25, -0.2) is 0 Å². The van der Waals surface area contributed by atoms with Gasteiger partial charge in [-0.2, -0.15) is 0 Å². The first-order chi connectivity index (χ1) is 21.7. The fourth-order valence-electron chi connectivity index (χ4n) is 12.2. The minimum Gasteiger partial charge on any atom is -0.377 e. The third kappa shape index (κ3) is 5.95. The van der Waals surface area contributed by atoms with Crippen molar-refractivity contribution in [1.29, 1.82) is 0 Å². The van der Waals surface area contributed by atoms with Crippen molar-refractivity contribution in [2.24, 2.45) is 63.0 Å². The zero-order valence-electron chi connectivity index (χ0n) is 28.8. The lowest BCUT2D eigenvalue weighted by atomic mass is 9.41.